The molecule has 0 bridgehead atoms. The largest absolute Gasteiger partial charge is 0.398 e. The molecule has 1 atom stereocenters. The second-order valence-electron chi connectivity index (χ2n) is 2.42. The molecule has 1 aromatic carbocycles. The van der Waals surface area contributed by atoms with Crippen molar-refractivity contribution in [3.8, 4) is 0 Å². The molecule has 3 nitrogen and oxygen atoms in total. The van der Waals surface area contributed by atoms with Crippen molar-refractivity contribution in [1.82, 2.24) is 0 Å². The van der Waals surface area contributed by atoms with E-state index in [0.29, 0.717) is 5.69 Å². The summed E-state index contributed by atoms with van der Waals surface area (Å²) in [4.78, 5) is 0. The van der Waals surface area contributed by atoms with Crippen LogP contribution < -0.4 is 11.5 Å². The van der Waals surface area contributed by atoms with Crippen LogP contribution in [-0.4, -0.2) is 11.7 Å². The zero-order chi connectivity index (χ0) is 8.27. The van der Waals surface area contributed by atoms with Crippen LogP contribution in [-0.2, 0) is 0 Å². The molecule has 0 aromatic heterocycles. The zero-order valence-corrected chi connectivity index (χ0v) is 6.20. The summed E-state index contributed by atoms with van der Waals surface area (Å²) in [6, 6.07) is 6.90. The zero-order valence-electron chi connectivity index (χ0n) is 6.20. The van der Waals surface area contributed by atoms with Crippen molar-refractivity contribution in [3.63, 3.8) is 0 Å². The number of para-hydroxylation sites is 1. The molecule has 0 radical (unpaired) electrons. The smallest absolute Gasteiger partial charge is 0.0625 e. The van der Waals surface area contributed by atoms with Gasteiger partial charge in [0.1, 0.15) is 0 Å². The summed E-state index contributed by atoms with van der Waals surface area (Å²) in [6.07, 6.45) is 0. The molecular formula is C8H12N2O. The summed E-state index contributed by atoms with van der Waals surface area (Å²) in [7, 11) is 0. The number of nitrogens with two attached hydrogens (primary N) is 2. The average Bonchev–Trinajstić information content (AvgIpc) is 2.04. The van der Waals surface area contributed by atoms with Crippen LogP contribution in [0.5, 0.6) is 0 Å². The highest BCUT2D eigenvalue weighted by Crippen LogP contribution is 2.16. The van der Waals surface area contributed by atoms with Gasteiger partial charge in [0.2, 0.25) is 0 Å². The molecule has 3 heteroatoms. The number of aliphatic hydroxyl groups excluding tert-OH is 1. The number of nitrogen functional groups attached to an aromatic ring is 1. The van der Waals surface area contributed by atoms with E-state index in [9.17, 15) is 0 Å². The highest BCUT2D eigenvalue weighted by atomic mass is 16.3. The number of benzene rings is 1. The lowest BCUT2D eigenvalue weighted by molar-refractivity contribution is 0.268. The van der Waals surface area contributed by atoms with Gasteiger partial charge in [-0.2, -0.15) is 0 Å². The Kier molecular flexibility index (Phi) is 2.46. The van der Waals surface area contributed by atoms with Crippen LogP contribution in [0.3, 0.4) is 0 Å². The van der Waals surface area contributed by atoms with E-state index in [4.69, 9.17) is 16.6 Å². The lowest BCUT2D eigenvalue weighted by Gasteiger charge is -2.10. The Balaban J connectivity index is 2.93. The molecule has 0 aliphatic heterocycles. The van der Waals surface area contributed by atoms with Gasteiger partial charge >= 0.3 is 0 Å². The molecule has 0 amide bonds. The predicted molar refractivity (Wildman–Crippen MR) is 44.9 cm³/mol. The Bertz CT molecular complexity index is 237. The summed E-state index contributed by atoms with van der Waals surface area (Å²) in [5.41, 5.74) is 12.6. The third kappa shape index (κ3) is 1.69. The van der Waals surface area contributed by atoms with Crippen LogP contribution in [0.4, 0.5) is 5.69 Å². The van der Waals surface area contributed by atoms with Crippen LogP contribution in [0.25, 0.3) is 0 Å². The van der Waals surface area contributed by atoms with Gasteiger partial charge in [0.05, 0.1) is 12.6 Å². The summed E-state index contributed by atoms with van der Waals surface area (Å²) in [6.45, 7) is -0.0752. The van der Waals surface area contributed by atoms with Gasteiger partial charge in [-0.25, -0.2) is 0 Å². The summed E-state index contributed by atoms with van der Waals surface area (Å²) < 4.78 is 0. The van der Waals surface area contributed by atoms with E-state index >= 15 is 0 Å². The fraction of sp³-hybridized carbons (Fsp3) is 0.250. The topological polar surface area (TPSA) is 72.3 Å². The standard InChI is InChI=1S/C8H12N2O/c9-7-4-2-1-3-6(7)8(10)5-11/h1-4,8,11H,5,9-10H2. The molecule has 0 fully saturated rings. The molecule has 11 heavy (non-hydrogen) atoms. The number of hydrogen-bond acceptors (Lipinski definition) is 3. The molecule has 60 valence electrons. The van der Waals surface area contributed by atoms with Gasteiger partial charge in [0, 0.05) is 5.69 Å². The number of rotatable bonds is 2. The van der Waals surface area contributed by atoms with Crippen LogP contribution in [0.1, 0.15) is 11.6 Å². The molecular weight excluding hydrogens is 140 g/mol. The Morgan fingerprint density at radius 1 is 1.36 bits per heavy atom. The molecule has 0 aliphatic carbocycles. The van der Waals surface area contributed by atoms with E-state index in [2.05, 4.69) is 0 Å². The molecule has 0 aliphatic rings. The normalized spacial score (nSPS) is 12.9. The number of anilines is 1. The average molecular weight is 152 g/mol. The first-order chi connectivity index (χ1) is 5.25. The Morgan fingerprint density at radius 2 is 2.00 bits per heavy atom. The summed E-state index contributed by atoms with van der Waals surface area (Å²) in [5, 5.41) is 8.73. The quantitative estimate of drug-likeness (QED) is 0.532. The van der Waals surface area contributed by atoms with Gasteiger partial charge < -0.3 is 16.6 Å². The summed E-state index contributed by atoms with van der Waals surface area (Å²) in [5.74, 6) is 0. The minimum atomic E-state index is -0.365. The maximum absolute atomic E-state index is 8.73. The van der Waals surface area contributed by atoms with E-state index in [1.165, 1.54) is 0 Å². The van der Waals surface area contributed by atoms with Crippen molar-refractivity contribution in [2.24, 2.45) is 5.73 Å². The minimum absolute atomic E-state index is 0.0752. The van der Waals surface area contributed by atoms with Gasteiger partial charge in [-0.05, 0) is 11.6 Å². The molecule has 0 heterocycles. The van der Waals surface area contributed by atoms with Crippen LogP contribution in [0.15, 0.2) is 24.3 Å². The van der Waals surface area contributed by atoms with Gasteiger partial charge in [0.25, 0.3) is 0 Å². The Morgan fingerprint density at radius 3 is 2.55 bits per heavy atom. The highest BCUT2D eigenvalue weighted by molar-refractivity contribution is 5.47. The molecule has 1 rings (SSSR count). The predicted octanol–water partition coefficient (Wildman–Crippen LogP) is 0.261. The Labute approximate surface area is 65.6 Å². The maximum atomic E-state index is 8.73. The molecule has 0 saturated carbocycles. The first-order valence-electron chi connectivity index (χ1n) is 3.46. The highest BCUT2D eigenvalue weighted by Gasteiger charge is 2.05. The van der Waals surface area contributed by atoms with Crippen LogP contribution in [0, 0.1) is 0 Å². The van der Waals surface area contributed by atoms with Gasteiger partial charge in [0.15, 0.2) is 0 Å². The van der Waals surface area contributed by atoms with Crippen LogP contribution in [0.2, 0.25) is 0 Å². The molecule has 0 spiro atoms. The van der Waals surface area contributed by atoms with Crippen molar-refractivity contribution in [1.29, 1.82) is 0 Å². The van der Waals surface area contributed by atoms with E-state index in [0.717, 1.165) is 5.56 Å². The van der Waals surface area contributed by atoms with Crippen molar-refractivity contribution >= 4 is 5.69 Å². The maximum Gasteiger partial charge on any atom is 0.0625 e. The minimum Gasteiger partial charge on any atom is -0.398 e. The second kappa shape index (κ2) is 3.37. The van der Waals surface area contributed by atoms with E-state index in [-0.39, 0.29) is 12.6 Å². The lowest BCUT2D eigenvalue weighted by Crippen LogP contribution is -2.15. The van der Waals surface area contributed by atoms with Crippen molar-refractivity contribution < 1.29 is 5.11 Å². The second-order valence-corrected chi connectivity index (χ2v) is 2.42. The fourth-order valence-corrected chi connectivity index (χ4v) is 0.947. The van der Waals surface area contributed by atoms with E-state index in [1.54, 1.807) is 6.07 Å². The van der Waals surface area contributed by atoms with Gasteiger partial charge in [-0.1, -0.05) is 18.2 Å². The van der Waals surface area contributed by atoms with Gasteiger partial charge in [-0.15, -0.1) is 0 Å². The van der Waals surface area contributed by atoms with Gasteiger partial charge in [-0.3, -0.25) is 0 Å². The molecule has 1 unspecified atom stereocenters. The first kappa shape index (κ1) is 8.04. The first-order valence-corrected chi connectivity index (χ1v) is 3.46. The monoisotopic (exact) mass is 152 g/mol. The van der Waals surface area contributed by atoms with Crippen molar-refractivity contribution in [3.05, 3.63) is 29.8 Å². The SMILES string of the molecule is Nc1ccccc1C(N)CO. The van der Waals surface area contributed by atoms with Crippen LogP contribution >= 0.6 is 0 Å². The van der Waals surface area contributed by atoms with E-state index in [1.807, 2.05) is 18.2 Å². The third-order valence-electron chi connectivity index (χ3n) is 1.59. The Hall–Kier alpha value is -1.06. The van der Waals surface area contributed by atoms with E-state index < -0.39 is 0 Å². The molecule has 0 saturated heterocycles. The van der Waals surface area contributed by atoms with Crippen molar-refractivity contribution in [2.45, 2.75) is 6.04 Å². The summed E-state index contributed by atoms with van der Waals surface area (Å²) >= 11 is 0. The number of aliphatic hydroxyl groups is 1. The lowest BCUT2D eigenvalue weighted by atomic mass is 10.1. The van der Waals surface area contributed by atoms with Crippen molar-refractivity contribution in [2.75, 3.05) is 12.3 Å². The number of hydrogen-bond donors (Lipinski definition) is 3. The fourth-order valence-electron chi connectivity index (χ4n) is 0.947. The molecule has 1 aromatic rings. The molecule has 5 N–H and O–H groups in total. The third-order valence-corrected chi connectivity index (χ3v) is 1.59.